The highest BCUT2D eigenvalue weighted by atomic mass is 15.3. The highest BCUT2D eigenvalue weighted by Crippen LogP contribution is 2.20. The summed E-state index contributed by atoms with van der Waals surface area (Å²) in [6.45, 7) is 4.21. The van der Waals surface area contributed by atoms with E-state index >= 15 is 0 Å². The van der Waals surface area contributed by atoms with Gasteiger partial charge in [0.25, 0.3) is 0 Å². The summed E-state index contributed by atoms with van der Waals surface area (Å²) in [6.07, 6.45) is 2.02. The Labute approximate surface area is 113 Å². The summed E-state index contributed by atoms with van der Waals surface area (Å²) in [7, 11) is 0. The Morgan fingerprint density at radius 3 is 2.47 bits per heavy atom. The number of nitrogens with zero attached hydrogens (tertiary/aromatic N) is 2. The third-order valence-electron chi connectivity index (χ3n) is 3.27. The Morgan fingerprint density at radius 2 is 1.68 bits per heavy atom. The monoisotopic (exact) mass is 248 g/mol. The predicted octanol–water partition coefficient (Wildman–Crippen LogP) is 4.16. The summed E-state index contributed by atoms with van der Waals surface area (Å²) in [6, 6.07) is 18.7. The van der Waals surface area contributed by atoms with Crippen molar-refractivity contribution in [1.29, 1.82) is 0 Å². The summed E-state index contributed by atoms with van der Waals surface area (Å²) in [5.74, 6) is 0. The fraction of sp³-hybridized carbons (Fsp3) is 0.118. The van der Waals surface area contributed by atoms with Crippen LogP contribution in [0, 0.1) is 13.8 Å². The lowest BCUT2D eigenvalue weighted by Gasteiger charge is -2.06. The van der Waals surface area contributed by atoms with Gasteiger partial charge in [-0.1, -0.05) is 42.5 Å². The average molecular weight is 248 g/mol. The minimum atomic E-state index is 1.00. The van der Waals surface area contributed by atoms with Crippen molar-refractivity contribution in [2.45, 2.75) is 13.8 Å². The van der Waals surface area contributed by atoms with E-state index in [-0.39, 0.29) is 0 Å². The minimum Gasteiger partial charge on any atom is -0.240 e. The molecule has 0 fully saturated rings. The zero-order valence-corrected chi connectivity index (χ0v) is 11.2. The van der Waals surface area contributed by atoms with Crippen LogP contribution in [0.3, 0.4) is 0 Å². The first kappa shape index (κ1) is 11.7. The fourth-order valence-corrected chi connectivity index (χ4v) is 2.19. The molecule has 0 saturated carbocycles. The molecule has 0 N–H and O–H groups in total. The van der Waals surface area contributed by atoms with Crippen molar-refractivity contribution in [3.8, 4) is 16.9 Å². The molecule has 2 heteroatoms. The van der Waals surface area contributed by atoms with E-state index in [4.69, 9.17) is 0 Å². The molecule has 0 bridgehead atoms. The molecule has 2 aromatic carbocycles. The fourth-order valence-electron chi connectivity index (χ4n) is 2.19. The molecule has 3 aromatic rings. The lowest BCUT2D eigenvalue weighted by Crippen LogP contribution is -1.98. The molecule has 0 radical (unpaired) electrons. The standard InChI is InChI=1S/C17H16N2/c1-13-8-9-14(2)17(12-13)19-11-10-16(18-19)15-6-4-3-5-7-15/h3-12H,1-2H3. The van der Waals surface area contributed by atoms with Gasteiger partial charge >= 0.3 is 0 Å². The maximum atomic E-state index is 4.67. The van der Waals surface area contributed by atoms with Crippen LogP contribution in [0.1, 0.15) is 11.1 Å². The van der Waals surface area contributed by atoms with Gasteiger partial charge in [-0.25, -0.2) is 4.68 Å². The zero-order chi connectivity index (χ0) is 13.2. The number of benzene rings is 2. The summed E-state index contributed by atoms with van der Waals surface area (Å²) in [4.78, 5) is 0. The molecule has 0 atom stereocenters. The summed E-state index contributed by atoms with van der Waals surface area (Å²) >= 11 is 0. The molecule has 0 saturated heterocycles. The normalized spacial score (nSPS) is 10.6. The van der Waals surface area contributed by atoms with Gasteiger partial charge in [-0.3, -0.25) is 0 Å². The second kappa shape index (κ2) is 4.73. The molecule has 0 amide bonds. The number of aromatic nitrogens is 2. The van der Waals surface area contributed by atoms with E-state index in [1.807, 2.05) is 29.1 Å². The van der Waals surface area contributed by atoms with Crippen LogP contribution < -0.4 is 0 Å². The smallest absolute Gasteiger partial charge is 0.0927 e. The molecule has 0 aliphatic rings. The van der Waals surface area contributed by atoms with Gasteiger partial charge in [0.05, 0.1) is 11.4 Å². The molecule has 3 rings (SSSR count). The van der Waals surface area contributed by atoms with Crippen LogP contribution in [0.15, 0.2) is 60.8 Å². The van der Waals surface area contributed by atoms with Gasteiger partial charge in [-0.2, -0.15) is 5.10 Å². The molecular formula is C17H16N2. The first-order chi connectivity index (χ1) is 9.24. The van der Waals surface area contributed by atoms with Crippen molar-refractivity contribution in [1.82, 2.24) is 9.78 Å². The second-order valence-electron chi connectivity index (χ2n) is 4.80. The lowest BCUT2D eigenvalue weighted by atomic mass is 10.1. The van der Waals surface area contributed by atoms with Crippen LogP contribution in [0.5, 0.6) is 0 Å². The van der Waals surface area contributed by atoms with Crippen LogP contribution in [0.4, 0.5) is 0 Å². The van der Waals surface area contributed by atoms with Crippen molar-refractivity contribution in [3.63, 3.8) is 0 Å². The summed E-state index contributed by atoms with van der Waals surface area (Å²) in [5, 5.41) is 4.67. The van der Waals surface area contributed by atoms with Gasteiger partial charge in [0, 0.05) is 11.8 Å². The van der Waals surface area contributed by atoms with Gasteiger partial charge in [-0.15, -0.1) is 0 Å². The largest absolute Gasteiger partial charge is 0.240 e. The van der Waals surface area contributed by atoms with Gasteiger partial charge in [0.1, 0.15) is 0 Å². The topological polar surface area (TPSA) is 17.8 Å². The molecule has 0 aliphatic carbocycles. The molecule has 0 unspecified atom stereocenters. The van der Waals surface area contributed by atoms with Crippen molar-refractivity contribution in [2.24, 2.45) is 0 Å². The van der Waals surface area contributed by atoms with Gasteiger partial charge in [0.2, 0.25) is 0 Å². The number of rotatable bonds is 2. The van der Waals surface area contributed by atoms with Crippen LogP contribution in [-0.2, 0) is 0 Å². The van der Waals surface area contributed by atoms with Crippen LogP contribution in [0.2, 0.25) is 0 Å². The van der Waals surface area contributed by atoms with Gasteiger partial charge < -0.3 is 0 Å². The second-order valence-corrected chi connectivity index (χ2v) is 4.80. The quantitative estimate of drug-likeness (QED) is 0.666. The third-order valence-corrected chi connectivity index (χ3v) is 3.27. The molecule has 0 aliphatic heterocycles. The first-order valence-electron chi connectivity index (χ1n) is 6.43. The molecular weight excluding hydrogens is 232 g/mol. The van der Waals surface area contributed by atoms with E-state index in [0.717, 1.165) is 16.9 Å². The highest BCUT2D eigenvalue weighted by molar-refractivity contribution is 5.59. The molecule has 0 spiro atoms. The Kier molecular flexibility index (Phi) is 2.92. The van der Waals surface area contributed by atoms with Crippen LogP contribution >= 0.6 is 0 Å². The molecule has 19 heavy (non-hydrogen) atoms. The van der Waals surface area contributed by atoms with Crippen molar-refractivity contribution < 1.29 is 0 Å². The van der Waals surface area contributed by atoms with Gasteiger partial charge in [0.15, 0.2) is 0 Å². The maximum absolute atomic E-state index is 4.67. The molecule has 1 aromatic heterocycles. The number of hydrogen-bond acceptors (Lipinski definition) is 1. The van der Waals surface area contributed by atoms with E-state index in [2.05, 4.69) is 55.3 Å². The molecule has 2 nitrogen and oxygen atoms in total. The lowest BCUT2D eigenvalue weighted by molar-refractivity contribution is 0.875. The van der Waals surface area contributed by atoms with Crippen molar-refractivity contribution in [2.75, 3.05) is 0 Å². The highest BCUT2D eigenvalue weighted by Gasteiger charge is 2.05. The predicted molar refractivity (Wildman–Crippen MR) is 78.5 cm³/mol. The van der Waals surface area contributed by atoms with Crippen molar-refractivity contribution >= 4 is 0 Å². The van der Waals surface area contributed by atoms with E-state index in [1.54, 1.807) is 0 Å². The maximum Gasteiger partial charge on any atom is 0.0927 e. The zero-order valence-electron chi connectivity index (χ0n) is 11.2. The van der Waals surface area contributed by atoms with Crippen LogP contribution in [0.25, 0.3) is 16.9 Å². The first-order valence-corrected chi connectivity index (χ1v) is 6.43. The average Bonchev–Trinajstić information content (AvgIpc) is 2.92. The minimum absolute atomic E-state index is 1.00. The van der Waals surface area contributed by atoms with E-state index in [9.17, 15) is 0 Å². The van der Waals surface area contributed by atoms with Crippen LogP contribution in [-0.4, -0.2) is 9.78 Å². The SMILES string of the molecule is Cc1ccc(C)c(-n2ccc(-c3ccccc3)n2)c1. The molecule has 94 valence electrons. The Hall–Kier alpha value is -2.35. The number of hydrogen-bond donors (Lipinski definition) is 0. The summed E-state index contributed by atoms with van der Waals surface area (Å²) in [5.41, 5.74) is 5.76. The van der Waals surface area contributed by atoms with E-state index in [1.165, 1.54) is 11.1 Å². The summed E-state index contributed by atoms with van der Waals surface area (Å²) < 4.78 is 1.95. The molecule has 1 heterocycles. The van der Waals surface area contributed by atoms with Crippen molar-refractivity contribution in [3.05, 3.63) is 71.9 Å². The Morgan fingerprint density at radius 1 is 0.895 bits per heavy atom. The van der Waals surface area contributed by atoms with E-state index in [0.29, 0.717) is 0 Å². The Bertz CT molecular complexity index is 696. The van der Waals surface area contributed by atoms with E-state index < -0.39 is 0 Å². The van der Waals surface area contributed by atoms with Gasteiger partial charge in [-0.05, 0) is 37.1 Å². The third kappa shape index (κ3) is 2.29. The number of aryl methyl sites for hydroxylation is 2. The Balaban J connectivity index is 2.04.